The highest BCUT2D eigenvalue weighted by molar-refractivity contribution is 9.11. The summed E-state index contributed by atoms with van der Waals surface area (Å²) in [6, 6.07) is 5.87. The highest BCUT2D eigenvalue weighted by Crippen LogP contribution is 2.20. The zero-order valence-electron chi connectivity index (χ0n) is 18.9. The van der Waals surface area contributed by atoms with Crippen molar-refractivity contribution in [3.05, 3.63) is 39.3 Å². The van der Waals surface area contributed by atoms with Crippen LogP contribution in [0.4, 0.5) is 5.95 Å². The Morgan fingerprint density at radius 2 is 1.69 bits per heavy atom. The number of aryl methyl sites for hydroxylation is 1. The molecule has 168 valence electrons. The maximum absolute atomic E-state index is 10.3. The molecule has 0 unspecified atom stereocenters. The van der Waals surface area contributed by atoms with E-state index in [1.54, 1.807) is 29.8 Å². The second kappa shape index (κ2) is 30.7. The Morgan fingerprint density at radius 1 is 1.17 bits per heavy atom. The number of hydrogen-bond donors (Lipinski definition) is 2. The van der Waals surface area contributed by atoms with Crippen molar-refractivity contribution in [2.45, 2.75) is 54.9 Å². The lowest BCUT2D eigenvalue weighted by Crippen LogP contribution is -2.16. The van der Waals surface area contributed by atoms with Crippen LogP contribution in [0, 0.1) is 6.92 Å². The summed E-state index contributed by atoms with van der Waals surface area (Å²) >= 11 is 5.11. The van der Waals surface area contributed by atoms with Gasteiger partial charge in [-0.05, 0) is 41.1 Å². The van der Waals surface area contributed by atoms with Gasteiger partial charge >= 0.3 is 5.97 Å². The maximum atomic E-state index is 10.3. The highest BCUT2D eigenvalue weighted by atomic mass is 79.9. The lowest BCUT2D eigenvalue weighted by Gasteiger charge is -1.95. The molecule has 0 aliphatic rings. The summed E-state index contributed by atoms with van der Waals surface area (Å²) in [6.45, 7) is 14.4. The SMILES string of the molecule is CC.CC.CC.COC(=O)CCNC=O.Cc1ccc(Br)s1.Nc1ncccn1. The molecule has 0 saturated heterocycles. The summed E-state index contributed by atoms with van der Waals surface area (Å²) in [4.78, 5) is 28.6. The van der Waals surface area contributed by atoms with Gasteiger partial charge in [0.25, 0.3) is 0 Å². The van der Waals surface area contributed by atoms with E-state index < -0.39 is 0 Å². The Balaban J connectivity index is -0.000000143. The molecule has 3 N–H and O–H groups in total. The standard InChI is InChI=1S/C5H5BrS.C5H9NO3.C4H5N3.3C2H6/c1-4-2-3-5(6)7-4;1-9-5(8)2-3-6-4-7;5-4-6-2-1-3-7-4;3*1-2/h2-3H,1H3;4H,2-3H2,1H3,(H,6,7);1-3H,(H2,5,6,7);3*1-2H3. The van der Waals surface area contributed by atoms with Gasteiger partial charge in [-0.2, -0.15) is 0 Å². The molecule has 0 aliphatic carbocycles. The van der Waals surface area contributed by atoms with Crippen LogP contribution in [0.2, 0.25) is 0 Å². The third-order valence-electron chi connectivity index (χ3n) is 2.08. The fraction of sp³-hybridized carbons (Fsp3) is 0.500. The second-order valence-corrected chi connectivity index (χ2v) is 6.52. The van der Waals surface area contributed by atoms with Gasteiger partial charge < -0.3 is 15.8 Å². The molecule has 0 bridgehead atoms. The third-order valence-corrected chi connectivity index (χ3v) is 3.62. The minimum Gasteiger partial charge on any atom is -0.469 e. The van der Waals surface area contributed by atoms with E-state index >= 15 is 0 Å². The van der Waals surface area contributed by atoms with Crippen LogP contribution < -0.4 is 11.1 Å². The van der Waals surface area contributed by atoms with E-state index in [0.717, 1.165) is 0 Å². The predicted octanol–water partition coefficient (Wildman–Crippen LogP) is 5.25. The molecule has 1 amide bonds. The number of nitrogens with zero attached hydrogens (tertiary/aromatic N) is 2. The topological polar surface area (TPSA) is 107 Å². The van der Waals surface area contributed by atoms with Crippen LogP contribution in [0.5, 0.6) is 0 Å². The molecule has 0 aliphatic heterocycles. The van der Waals surface area contributed by atoms with Crippen LogP contribution in [-0.4, -0.2) is 36.0 Å². The number of anilines is 1. The van der Waals surface area contributed by atoms with Crippen molar-refractivity contribution in [1.29, 1.82) is 0 Å². The third kappa shape index (κ3) is 30.9. The molecule has 0 fully saturated rings. The molecular formula is C20H37BrN4O3S. The fourth-order valence-electron chi connectivity index (χ4n) is 1.05. The molecule has 0 atom stereocenters. The Hall–Kier alpha value is -2.00. The number of nitrogens with one attached hydrogen (secondary N) is 1. The average Bonchev–Trinajstić information content (AvgIpc) is 3.16. The lowest BCUT2D eigenvalue weighted by molar-refractivity contribution is -0.140. The Morgan fingerprint density at radius 3 is 1.93 bits per heavy atom. The van der Waals surface area contributed by atoms with E-state index in [4.69, 9.17) is 5.73 Å². The summed E-state index contributed by atoms with van der Waals surface area (Å²) in [6.07, 6.45) is 3.98. The predicted molar refractivity (Wildman–Crippen MR) is 128 cm³/mol. The number of amides is 1. The number of rotatable bonds is 4. The first-order valence-electron chi connectivity index (χ1n) is 9.47. The van der Waals surface area contributed by atoms with Gasteiger partial charge in [0.2, 0.25) is 12.4 Å². The molecule has 0 radical (unpaired) electrons. The molecule has 29 heavy (non-hydrogen) atoms. The smallest absolute Gasteiger partial charge is 0.307 e. The van der Waals surface area contributed by atoms with E-state index in [2.05, 4.69) is 55.0 Å². The van der Waals surface area contributed by atoms with Crippen LogP contribution in [0.25, 0.3) is 0 Å². The van der Waals surface area contributed by atoms with Gasteiger partial charge in [0.05, 0.1) is 17.3 Å². The number of nitrogens with two attached hydrogens (primary N) is 1. The van der Waals surface area contributed by atoms with E-state index in [0.29, 0.717) is 18.9 Å². The summed E-state index contributed by atoms with van der Waals surface area (Å²) in [5.41, 5.74) is 5.14. The van der Waals surface area contributed by atoms with Crippen LogP contribution in [0.3, 0.4) is 0 Å². The van der Waals surface area contributed by atoms with Crippen molar-refractivity contribution in [3.8, 4) is 0 Å². The van der Waals surface area contributed by atoms with Gasteiger partial charge in [-0.3, -0.25) is 9.59 Å². The van der Waals surface area contributed by atoms with Crippen molar-refractivity contribution in [3.63, 3.8) is 0 Å². The number of nitrogen functional groups attached to an aromatic ring is 1. The summed E-state index contributed by atoms with van der Waals surface area (Å²) in [5, 5.41) is 2.33. The second-order valence-electron chi connectivity index (χ2n) is 3.86. The number of methoxy groups -OCH3 is 1. The summed E-state index contributed by atoms with van der Waals surface area (Å²) in [7, 11) is 1.31. The molecule has 0 spiro atoms. The number of aromatic nitrogens is 2. The number of carbonyl (C=O) groups is 2. The Labute approximate surface area is 188 Å². The zero-order valence-corrected chi connectivity index (χ0v) is 21.3. The van der Waals surface area contributed by atoms with Crippen LogP contribution in [0.15, 0.2) is 34.4 Å². The molecule has 9 heteroatoms. The van der Waals surface area contributed by atoms with Crippen molar-refractivity contribution < 1.29 is 14.3 Å². The first kappa shape index (κ1) is 34.5. The minimum absolute atomic E-state index is 0.231. The molecular weight excluding hydrogens is 456 g/mol. The van der Waals surface area contributed by atoms with Gasteiger partial charge in [0.15, 0.2) is 0 Å². The van der Waals surface area contributed by atoms with Crippen molar-refractivity contribution in [2.75, 3.05) is 19.4 Å². The normalized spacial score (nSPS) is 7.48. The van der Waals surface area contributed by atoms with Crippen LogP contribution in [0.1, 0.15) is 52.8 Å². The van der Waals surface area contributed by atoms with E-state index in [-0.39, 0.29) is 12.4 Å². The lowest BCUT2D eigenvalue weighted by atomic mass is 10.4. The van der Waals surface area contributed by atoms with Crippen LogP contribution >= 0.6 is 27.3 Å². The molecule has 7 nitrogen and oxygen atoms in total. The first-order valence-corrected chi connectivity index (χ1v) is 11.1. The monoisotopic (exact) mass is 492 g/mol. The molecule has 2 rings (SSSR count). The number of hydrogen-bond acceptors (Lipinski definition) is 7. The number of esters is 1. The van der Waals surface area contributed by atoms with E-state index in [9.17, 15) is 9.59 Å². The average molecular weight is 494 g/mol. The molecule has 2 aromatic rings. The van der Waals surface area contributed by atoms with Gasteiger partial charge in [0, 0.05) is 23.8 Å². The number of halogens is 1. The van der Waals surface area contributed by atoms with Gasteiger partial charge in [-0.15, -0.1) is 11.3 Å². The Bertz CT molecular complexity index is 553. The Kier molecular flexibility index (Phi) is 36.5. The number of thiophene rings is 1. The van der Waals surface area contributed by atoms with Gasteiger partial charge in [-0.25, -0.2) is 9.97 Å². The number of ether oxygens (including phenoxy) is 1. The summed E-state index contributed by atoms with van der Waals surface area (Å²) in [5.74, 6) is 0.00634. The zero-order chi connectivity index (χ0) is 23.5. The molecule has 2 heterocycles. The maximum Gasteiger partial charge on any atom is 0.307 e. The van der Waals surface area contributed by atoms with E-state index in [1.165, 1.54) is 15.8 Å². The number of carbonyl (C=O) groups excluding carboxylic acids is 2. The molecule has 2 aromatic heterocycles. The fourth-order valence-corrected chi connectivity index (χ4v) is 2.53. The van der Waals surface area contributed by atoms with Crippen molar-refractivity contribution in [1.82, 2.24) is 15.3 Å². The van der Waals surface area contributed by atoms with Gasteiger partial charge in [0.1, 0.15) is 0 Å². The highest BCUT2D eigenvalue weighted by Gasteiger charge is 1.96. The van der Waals surface area contributed by atoms with Crippen molar-refractivity contribution in [2.24, 2.45) is 0 Å². The minimum atomic E-state index is -0.315. The molecule has 0 aromatic carbocycles. The first-order chi connectivity index (χ1) is 14.0. The summed E-state index contributed by atoms with van der Waals surface area (Å²) < 4.78 is 5.51. The molecule has 0 saturated carbocycles. The largest absolute Gasteiger partial charge is 0.469 e. The van der Waals surface area contributed by atoms with E-state index in [1.807, 2.05) is 41.5 Å². The quantitative estimate of drug-likeness (QED) is 0.342. The van der Waals surface area contributed by atoms with Crippen LogP contribution in [-0.2, 0) is 14.3 Å². The van der Waals surface area contributed by atoms with Crippen molar-refractivity contribution >= 4 is 45.6 Å². The van der Waals surface area contributed by atoms with Gasteiger partial charge in [-0.1, -0.05) is 41.5 Å².